The highest BCUT2D eigenvalue weighted by Crippen LogP contribution is 2.66. The Kier molecular flexibility index (Phi) is 5.62. The second-order valence-electron chi connectivity index (χ2n) is 11.8. The number of aliphatic hydroxyl groups is 1. The van der Waals surface area contributed by atoms with Crippen LogP contribution in [0.3, 0.4) is 0 Å². The molecule has 0 spiro atoms. The highest BCUT2D eigenvalue weighted by molar-refractivity contribution is 5.38. The average Bonchev–Trinajstić information content (AvgIpc) is 2.99. The van der Waals surface area contributed by atoms with Crippen LogP contribution in [0.25, 0.3) is 0 Å². The molecule has 0 aliphatic heterocycles. The van der Waals surface area contributed by atoms with E-state index < -0.39 is 0 Å². The van der Waals surface area contributed by atoms with Crippen LogP contribution in [0.2, 0.25) is 0 Å². The van der Waals surface area contributed by atoms with Crippen LogP contribution >= 0.6 is 0 Å². The van der Waals surface area contributed by atoms with Gasteiger partial charge in [0.05, 0.1) is 6.10 Å². The molecule has 3 fully saturated rings. The van der Waals surface area contributed by atoms with E-state index >= 15 is 0 Å². The van der Waals surface area contributed by atoms with Crippen LogP contribution in [0.5, 0.6) is 0 Å². The predicted molar refractivity (Wildman–Crippen MR) is 119 cm³/mol. The molecule has 0 saturated heterocycles. The fourth-order valence-corrected chi connectivity index (χ4v) is 8.01. The maximum Gasteiger partial charge on any atom is 0.0578 e. The van der Waals surface area contributed by atoms with E-state index in [1.54, 1.807) is 11.1 Å². The Hall–Kier alpha value is -0.560. The standard InChI is InChI=1S/C27H44O/c1-18(2)7-6-8-19(3)23-11-12-24-22-10-9-20-17-21(28)13-15-26(20,4)25(22)14-16-27(23,24)5/h9-10,18-19,21,23-25,28H,6-8,11-17H2,1-5H3/t19-,21+,23-,24-,25-,26+,27-/m1/s1. The highest BCUT2D eigenvalue weighted by Gasteiger charge is 2.56. The molecular formula is C27H44O. The van der Waals surface area contributed by atoms with Crippen LogP contribution < -0.4 is 0 Å². The molecule has 28 heavy (non-hydrogen) atoms. The molecule has 0 unspecified atom stereocenters. The second kappa shape index (κ2) is 7.60. The number of allylic oxidation sites excluding steroid dienone is 3. The summed E-state index contributed by atoms with van der Waals surface area (Å²) in [7, 11) is 0. The van der Waals surface area contributed by atoms with Crippen molar-refractivity contribution in [2.24, 2.45) is 40.4 Å². The third-order valence-corrected chi connectivity index (χ3v) is 9.75. The molecule has 0 aromatic rings. The minimum atomic E-state index is -0.106. The van der Waals surface area contributed by atoms with E-state index in [1.807, 2.05) is 0 Å². The fraction of sp³-hybridized carbons (Fsp3) is 0.852. The van der Waals surface area contributed by atoms with Gasteiger partial charge in [-0.25, -0.2) is 0 Å². The first kappa shape index (κ1) is 20.7. The lowest BCUT2D eigenvalue weighted by atomic mass is 9.50. The molecule has 7 atom stereocenters. The average molecular weight is 385 g/mol. The number of hydrogen-bond donors (Lipinski definition) is 1. The molecule has 4 aliphatic carbocycles. The van der Waals surface area contributed by atoms with Gasteiger partial charge in [-0.15, -0.1) is 0 Å². The number of rotatable bonds is 5. The fourth-order valence-electron chi connectivity index (χ4n) is 8.01. The Morgan fingerprint density at radius 3 is 2.50 bits per heavy atom. The van der Waals surface area contributed by atoms with Crippen molar-refractivity contribution in [3.63, 3.8) is 0 Å². The van der Waals surface area contributed by atoms with Crippen molar-refractivity contribution in [2.45, 2.75) is 105 Å². The molecule has 0 bridgehead atoms. The second-order valence-corrected chi connectivity index (χ2v) is 11.8. The van der Waals surface area contributed by atoms with Crippen LogP contribution in [-0.4, -0.2) is 11.2 Å². The Morgan fingerprint density at radius 2 is 1.75 bits per heavy atom. The molecule has 0 aromatic heterocycles. The topological polar surface area (TPSA) is 20.2 Å². The summed E-state index contributed by atoms with van der Waals surface area (Å²) >= 11 is 0. The van der Waals surface area contributed by atoms with Gasteiger partial charge in [-0.1, -0.05) is 77.2 Å². The summed E-state index contributed by atoms with van der Waals surface area (Å²) in [4.78, 5) is 0. The molecule has 0 radical (unpaired) electrons. The lowest BCUT2D eigenvalue weighted by Gasteiger charge is -2.55. The van der Waals surface area contributed by atoms with Gasteiger partial charge in [0.25, 0.3) is 0 Å². The summed E-state index contributed by atoms with van der Waals surface area (Å²) in [6.45, 7) is 12.5. The Labute approximate surface area is 174 Å². The van der Waals surface area contributed by atoms with E-state index in [0.717, 1.165) is 42.4 Å². The van der Waals surface area contributed by atoms with Crippen LogP contribution in [-0.2, 0) is 0 Å². The third-order valence-electron chi connectivity index (χ3n) is 9.75. The molecule has 158 valence electrons. The van der Waals surface area contributed by atoms with Crippen LogP contribution in [0.1, 0.15) is 98.8 Å². The van der Waals surface area contributed by atoms with E-state index in [0.29, 0.717) is 10.8 Å². The normalized spacial score (nSPS) is 43.7. The largest absolute Gasteiger partial charge is 0.393 e. The molecular weight excluding hydrogens is 340 g/mol. The van der Waals surface area contributed by atoms with Crippen molar-refractivity contribution >= 4 is 0 Å². The Morgan fingerprint density at radius 1 is 0.964 bits per heavy atom. The molecule has 4 aliphatic rings. The summed E-state index contributed by atoms with van der Waals surface area (Å²) in [6.07, 6.45) is 17.8. The SMILES string of the molecule is CC(C)CCC[C@@H](C)[C@H]1CC[C@@H]2C3=CC=C4C[C@@H](O)CC[C@]4(C)[C@@H]3CC[C@@]21C. The van der Waals surface area contributed by atoms with E-state index in [-0.39, 0.29) is 6.10 Å². The third kappa shape index (κ3) is 3.34. The van der Waals surface area contributed by atoms with Gasteiger partial charge in [0, 0.05) is 0 Å². The van der Waals surface area contributed by atoms with Crippen LogP contribution in [0, 0.1) is 40.4 Å². The van der Waals surface area contributed by atoms with Crippen molar-refractivity contribution in [1.82, 2.24) is 0 Å². The monoisotopic (exact) mass is 384 g/mol. The van der Waals surface area contributed by atoms with Crippen molar-refractivity contribution in [2.75, 3.05) is 0 Å². The Balaban J connectivity index is 1.53. The lowest BCUT2D eigenvalue weighted by Crippen LogP contribution is -2.46. The van der Waals surface area contributed by atoms with Gasteiger partial charge in [-0.2, -0.15) is 0 Å². The minimum Gasteiger partial charge on any atom is -0.393 e. The van der Waals surface area contributed by atoms with Crippen LogP contribution in [0.15, 0.2) is 23.3 Å². The molecule has 0 aromatic carbocycles. The van der Waals surface area contributed by atoms with Gasteiger partial charge in [0.15, 0.2) is 0 Å². The molecule has 4 rings (SSSR count). The quantitative estimate of drug-likeness (QED) is 0.527. The van der Waals surface area contributed by atoms with E-state index in [1.165, 1.54) is 51.4 Å². The van der Waals surface area contributed by atoms with Crippen molar-refractivity contribution in [3.8, 4) is 0 Å². The summed E-state index contributed by atoms with van der Waals surface area (Å²) < 4.78 is 0. The summed E-state index contributed by atoms with van der Waals surface area (Å²) in [6, 6.07) is 0. The molecule has 1 N–H and O–H groups in total. The first-order valence-electron chi connectivity index (χ1n) is 12.3. The first-order chi connectivity index (χ1) is 13.3. The number of hydrogen-bond acceptors (Lipinski definition) is 1. The van der Waals surface area contributed by atoms with Gasteiger partial charge < -0.3 is 5.11 Å². The van der Waals surface area contributed by atoms with E-state index in [9.17, 15) is 5.11 Å². The smallest absolute Gasteiger partial charge is 0.0578 e. The molecule has 1 nitrogen and oxygen atoms in total. The first-order valence-corrected chi connectivity index (χ1v) is 12.3. The van der Waals surface area contributed by atoms with Gasteiger partial charge in [-0.05, 0) is 85.4 Å². The molecule has 1 heteroatoms. The Bertz CT molecular complexity index is 643. The zero-order valence-electron chi connectivity index (χ0n) is 19.1. The lowest BCUT2D eigenvalue weighted by molar-refractivity contribution is 0.0323. The van der Waals surface area contributed by atoms with Gasteiger partial charge in [0.2, 0.25) is 0 Å². The van der Waals surface area contributed by atoms with Gasteiger partial charge in [-0.3, -0.25) is 0 Å². The van der Waals surface area contributed by atoms with E-state index in [2.05, 4.69) is 46.8 Å². The maximum absolute atomic E-state index is 10.2. The van der Waals surface area contributed by atoms with Gasteiger partial charge >= 0.3 is 0 Å². The van der Waals surface area contributed by atoms with Crippen LogP contribution in [0.4, 0.5) is 0 Å². The predicted octanol–water partition coefficient (Wildman–Crippen LogP) is 7.31. The van der Waals surface area contributed by atoms with Crippen molar-refractivity contribution < 1.29 is 5.11 Å². The highest BCUT2D eigenvalue weighted by atomic mass is 16.3. The van der Waals surface area contributed by atoms with Crippen molar-refractivity contribution in [3.05, 3.63) is 23.3 Å². The summed E-state index contributed by atoms with van der Waals surface area (Å²) in [5.74, 6) is 4.19. The summed E-state index contributed by atoms with van der Waals surface area (Å²) in [5, 5.41) is 10.2. The molecule has 0 amide bonds. The maximum atomic E-state index is 10.2. The van der Waals surface area contributed by atoms with E-state index in [4.69, 9.17) is 0 Å². The molecule has 3 saturated carbocycles. The minimum absolute atomic E-state index is 0.106. The van der Waals surface area contributed by atoms with Crippen molar-refractivity contribution in [1.29, 1.82) is 0 Å². The zero-order valence-corrected chi connectivity index (χ0v) is 19.1. The summed E-state index contributed by atoms with van der Waals surface area (Å²) in [5.41, 5.74) is 4.19. The molecule has 0 heterocycles. The number of fused-ring (bicyclic) bond motifs is 5. The van der Waals surface area contributed by atoms with Gasteiger partial charge in [0.1, 0.15) is 0 Å². The number of aliphatic hydroxyl groups excluding tert-OH is 1. The zero-order chi connectivity index (χ0) is 20.1.